The summed E-state index contributed by atoms with van der Waals surface area (Å²) in [4.78, 5) is 8.26. The Morgan fingerprint density at radius 2 is 2.22 bits per heavy atom. The van der Waals surface area contributed by atoms with Crippen molar-refractivity contribution in [3.05, 3.63) is 16.1 Å². The van der Waals surface area contributed by atoms with E-state index in [9.17, 15) is 0 Å². The van der Waals surface area contributed by atoms with E-state index < -0.39 is 0 Å². The lowest BCUT2D eigenvalue weighted by Crippen LogP contribution is -2.37. The summed E-state index contributed by atoms with van der Waals surface area (Å²) in [7, 11) is 0. The highest BCUT2D eigenvalue weighted by Gasteiger charge is 2.19. The molecule has 0 amide bonds. The molecule has 1 aliphatic rings. The first kappa shape index (κ1) is 14.0. The lowest BCUT2D eigenvalue weighted by Gasteiger charge is -2.31. The highest BCUT2D eigenvalue weighted by atomic mass is 32.1. The zero-order chi connectivity index (χ0) is 13.0. The minimum absolute atomic E-state index is 0.446. The third kappa shape index (κ3) is 3.53. The molecule has 18 heavy (non-hydrogen) atoms. The van der Waals surface area contributed by atoms with Crippen molar-refractivity contribution >= 4 is 11.3 Å². The maximum atomic E-state index is 4.33. The Bertz CT molecular complexity index is 356. The van der Waals surface area contributed by atoms with E-state index in [0.29, 0.717) is 6.04 Å². The van der Waals surface area contributed by atoms with E-state index >= 15 is 0 Å². The summed E-state index contributed by atoms with van der Waals surface area (Å²) in [6.45, 7) is 11.5. The van der Waals surface area contributed by atoms with Gasteiger partial charge in [-0.05, 0) is 58.8 Å². The van der Waals surface area contributed by atoms with Gasteiger partial charge in [0.25, 0.3) is 0 Å². The monoisotopic (exact) mass is 267 g/mol. The lowest BCUT2D eigenvalue weighted by molar-refractivity contribution is 0.188. The third-order valence-electron chi connectivity index (χ3n) is 4.04. The van der Waals surface area contributed by atoms with Gasteiger partial charge in [-0.2, -0.15) is 0 Å². The molecular formula is C14H25N3S. The van der Waals surface area contributed by atoms with Crippen molar-refractivity contribution in [3.63, 3.8) is 0 Å². The second-order valence-electron chi connectivity index (χ2n) is 5.31. The molecule has 3 nitrogen and oxygen atoms in total. The SMILES string of the molecule is CCN1CCC(CNC(C)c2scnc2C)CC1. The van der Waals surface area contributed by atoms with E-state index in [2.05, 4.69) is 36.0 Å². The van der Waals surface area contributed by atoms with Gasteiger partial charge in [-0.15, -0.1) is 11.3 Å². The van der Waals surface area contributed by atoms with Crippen molar-refractivity contribution < 1.29 is 0 Å². The van der Waals surface area contributed by atoms with E-state index in [1.165, 1.54) is 43.0 Å². The number of thiazole rings is 1. The van der Waals surface area contributed by atoms with Gasteiger partial charge in [-0.25, -0.2) is 4.98 Å². The maximum absolute atomic E-state index is 4.33. The van der Waals surface area contributed by atoms with Crippen molar-refractivity contribution in [2.75, 3.05) is 26.2 Å². The molecule has 0 spiro atoms. The topological polar surface area (TPSA) is 28.2 Å². The van der Waals surface area contributed by atoms with Gasteiger partial charge in [0, 0.05) is 10.9 Å². The zero-order valence-corrected chi connectivity index (χ0v) is 12.6. The smallest absolute Gasteiger partial charge is 0.0798 e. The van der Waals surface area contributed by atoms with Gasteiger partial charge in [-0.3, -0.25) is 0 Å². The number of aryl methyl sites for hydroxylation is 1. The van der Waals surface area contributed by atoms with Crippen LogP contribution in [0.4, 0.5) is 0 Å². The normalized spacial score (nSPS) is 20.2. The predicted octanol–water partition coefficient (Wildman–Crippen LogP) is 2.83. The molecule has 1 aromatic rings. The van der Waals surface area contributed by atoms with E-state index in [-0.39, 0.29) is 0 Å². The van der Waals surface area contributed by atoms with Crippen molar-refractivity contribution in [1.29, 1.82) is 0 Å². The molecule has 0 aromatic carbocycles. The average molecular weight is 267 g/mol. The molecule has 2 rings (SSSR count). The summed E-state index contributed by atoms with van der Waals surface area (Å²) in [5.74, 6) is 0.850. The minimum atomic E-state index is 0.446. The molecule has 102 valence electrons. The van der Waals surface area contributed by atoms with Crippen LogP contribution in [-0.4, -0.2) is 36.1 Å². The van der Waals surface area contributed by atoms with E-state index in [0.717, 1.165) is 12.5 Å². The van der Waals surface area contributed by atoms with Gasteiger partial charge >= 0.3 is 0 Å². The van der Waals surface area contributed by atoms with Crippen LogP contribution in [0.3, 0.4) is 0 Å². The molecule has 1 N–H and O–H groups in total. The van der Waals surface area contributed by atoms with Crippen molar-refractivity contribution in [2.24, 2.45) is 5.92 Å². The van der Waals surface area contributed by atoms with Crippen LogP contribution < -0.4 is 5.32 Å². The molecule has 0 aliphatic carbocycles. The highest BCUT2D eigenvalue weighted by molar-refractivity contribution is 7.09. The van der Waals surface area contributed by atoms with E-state index in [1.54, 1.807) is 11.3 Å². The molecule has 1 aromatic heterocycles. The van der Waals surface area contributed by atoms with Crippen molar-refractivity contribution in [1.82, 2.24) is 15.2 Å². The number of nitrogens with one attached hydrogen (secondary N) is 1. The maximum Gasteiger partial charge on any atom is 0.0798 e. The fraction of sp³-hybridized carbons (Fsp3) is 0.786. The van der Waals surface area contributed by atoms with Gasteiger partial charge in [0.1, 0.15) is 0 Å². The second kappa shape index (κ2) is 6.64. The number of hydrogen-bond acceptors (Lipinski definition) is 4. The number of piperidine rings is 1. The number of hydrogen-bond donors (Lipinski definition) is 1. The number of nitrogens with zero attached hydrogens (tertiary/aromatic N) is 2. The van der Waals surface area contributed by atoms with E-state index in [1.807, 2.05) is 5.51 Å². The molecule has 1 atom stereocenters. The van der Waals surface area contributed by atoms with Gasteiger partial charge < -0.3 is 10.2 Å². The molecule has 1 saturated heterocycles. The van der Waals surface area contributed by atoms with Crippen LogP contribution in [0.1, 0.15) is 43.3 Å². The standard InChI is InChI=1S/C14H25N3S/c1-4-17-7-5-13(6-8-17)9-15-11(2)14-12(3)16-10-18-14/h10-11,13,15H,4-9H2,1-3H3. The number of rotatable bonds is 5. The molecule has 0 radical (unpaired) electrons. The molecule has 1 aliphatic heterocycles. The molecule has 1 unspecified atom stereocenters. The minimum Gasteiger partial charge on any atom is -0.309 e. The molecular weight excluding hydrogens is 242 g/mol. The van der Waals surface area contributed by atoms with Gasteiger partial charge in [0.05, 0.1) is 11.2 Å². The average Bonchev–Trinajstić information content (AvgIpc) is 2.83. The van der Waals surface area contributed by atoms with Crippen LogP contribution in [0.5, 0.6) is 0 Å². The Balaban J connectivity index is 1.74. The van der Waals surface area contributed by atoms with Crippen LogP contribution in [0, 0.1) is 12.8 Å². The third-order valence-corrected chi connectivity index (χ3v) is 5.16. The quantitative estimate of drug-likeness (QED) is 0.889. The molecule has 0 saturated carbocycles. The molecule has 1 fully saturated rings. The Labute approximate surface area is 115 Å². The van der Waals surface area contributed by atoms with Gasteiger partial charge in [0.2, 0.25) is 0 Å². The summed E-state index contributed by atoms with van der Waals surface area (Å²) >= 11 is 1.77. The fourth-order valence-electron chi connectivity index (χ4n) is 2.67. The first-order valence-corrected chi connectivity index (χ1v) is 7.94. The summed E-state index contributed by atoms with van der Waals surface area (Å²) in [5.41, 5.74) is 3.13. The predicted molar refractivity (Wildman–Crippen MR) is 78.1 cm³/mol. The summed E-state index contributed by atoms with van der Waals surface area (Å²) < 4.78 is 0. The number of likely N-dealkylation sites (tertiary alicyclic amines) is 1. The Kier molecular flexibility index (Phi) is 5.15. The fourth-order valence-corrected chi connectivity index (χ4v) is 3.50. The first-order valence-electron chi connectivity index (χ1n) is 7.06. The van der Waals surface area contributed by atoms with Crippen LogP contribution >= 0.6 is 11.3 Å². The molecule has 0 bridgehead atoms. The highest BCUT2D eigenvalue weighted by Crippen LogP contribution is 2.22. The largest absolute Gasteiger partial charge is 0.309 e. The summed E-state index contributed by atoms with van der Waals surface area (Å²) in [6, 6.07) is 0.446. The molecule has 2 heterocycles. The van der Waals surface area contributed by atoms with Crippen LogP contribution in [0.15, 0.2) is 5.51 Å². The van der Waals surface area contributed by atoms with E-state index in [4.69, 9.17) is 0 Å². The Morgan fingerprint density at radius 3 is 2.78 bits per heavy atom. The van der Waals surface area contributed by atoms with Gasteiger partial charge in [0.15, 0.2) is 0 Å². The first-order chi connectivity index (χ1) is 8.70. The van der Waals surface area contributed by atoms with Crippen LogP contribution in [-0.2, 0) is 0 Å². The van der Waals surface area contributed by atoms with Gasteiger partial charge in [-0.1, -0.05) is 6.92 Å². The molecule has 4 heteroatoms. The zero-order valence-electron chi connectivity index (χ0n) is 11.8. The Hall–Kier alpha value is -0.450. The van der Waals surface area contributed by atoms with Crippen LogP contribution in [0.25, 0.3) is 0 Å². The van der Waals surface area contributed by atoms with Crippen molar-refractivity contribution in [2.45, 2.75) is 39.7 Å². The summed E-state index contributed by atoms with van der Waals surface area (Å²) in [6.07, 6.45) is 2.68. The summed E-state index contributed by atoms with van der Waals surface area (Å²) in [5, 5.41) is 3.68. The lowest BCUT2D eigenvalue weighted by atomic mass is 9.96. The number of aromatic nitrogens is 1. The van der Waals surface area contributed by atoms with Crippen molar-refractivity contribution in [3.8, 4) is 0 Å². The van der Waals surface area contributed by atoms with Crippen LogP contribution in [0.2, 0.25) is 0 Å². The Morgan fingerprint density at radius 1 is 1.50 bits per heavy atom. The second-order valence-corrected chi connectivity index (χ2v) is 6.20.